The zero-order valence-electron chi connectivity index (χ0n) is 8.81. The van der Waals surface area contributed by atoms with Crippen LogP contribution in [0.15, 0.2) is 49.5 Å². The summed E-state index contributed by atoms with van der Waals surface area (Å²) >= 11 is 0. The number of aryl methyl sites for hydroxylation is 1. The van der Waals surface area contributed by atoms with Gasteiger partial charge in [-0.3, -0.25) is 4.28 Å². The highest BCUT2D eigenvalue weighted by Gasteiger charge is 2.16. The first-order valence-electron chi connectivity index (χ1n) is 4.60. The number of guanidine groups is 1. The van der Waals surface area contributed by atoms with Gasteiger partial charge in [0.25, 0.3) is 0 Å². The number of azo groups is 1. The van der Waals surface area contributed by atoms with E-state index in [-0.39, 0.29) is 10.9 Å². The normalized spacial score (nSPS) is 16.6. The fraction of sp³-hybridized carbons (Fsp3) is 0.111. The highest BCUT2D eigenvalue weighted by Crippen LogP contribution is 2.13. The van der Waals surface area contributed by atoms with Gasteiger partial charge in [0.15, 0.2) is 0 Å². The third kappa shape index (κ3) is 2.72. The minimum absolute atomic E-state index is 0.0198. The standard InChI is InChI=1S/C9H8N4O3S/c1-7-2-4-8(5-3-7)17(14,15)16-13-9-10-6-11-12-9/h2-6H,1H3. The van der Waals surface area contributed by atoms with E-state index in [9.17, 15) is 8.42 Å². The number of hydrogen-bond donors (Lipinski definition) is 0. The summed E-state index contributed by atoms with van der Waals surface area (Å²) in [6.07, 6.45) is 1.14. The molecule has 0 saturated carbocycles. The van der Waals surface area contributed by atoms with Gasteiger partial charge < -0.3 is 0 Å². The minimum Gasteiger partial charge on any atom is -0.261 e. The Morgan fingerprint density at radius 2 is 1.94 bits per heavy atom. The van der Waals surface area contributed by atoms with E-state index in [1.807, 2.05) is 6.92 Å². The molecule has 0 aliphatic carbocycles. The molecule has 2 rings (SSSR count). The largest absolute Gasteiger partial charge is 0.358 e. The molecule has 0 aromatic heterocycles. The Kier molecular flexibility index (Phi) is 2.96. The van der Waals surface area contributed by atoms with Gasteiger partial charge in [-0.05, 0) is 24.2 Å². The molecule has 0 bridgehead atoms. The van der Waals surface area contributed by atoms with Crippen molar-refractivity contribution >= 4 is 22.4 Å². The van der Waals surface area contributed by atoms with Crippen molar-refractivity contribution < 1.29 is 12.7 Å². The van der Waals surface area contributed by atoms with Crippen LogP contribution in [0.1, 0.15) is 5.56 Å². The fourth-order valence-corrected chi connectivity index (χ4v) is 1.77. The van der Waals surface area contributed by atoms with Crippen molar-refractivity contribution in [1.82, 2.24) is 0 Å². The molecule has 7 nitrogen and oxygen atoms in total. The second-order valence-electron chi connectivity index (χ2n) is 3.19. The smallest absolute Gasteiger partial charge is 0.261 e. The van der Waals surface area contributed by atoms with Gasteiger partial charge in [0, 0.05) is 0 Å². The van der Waals surface area contributed by atoms with Gasteiger partial charge in [-0.2, -0.15) is 13.4 Å². The molecule has 0 amide bonds. The number of rotatable bonds is 3. The molecule has 0 fully saturated rings. The third-order valence-corrected chi connectivity index (χ3v) is 3.02. The van der Waals surface area contributed by atoms with E-state index >= 15 is 0 Å². The van der Waals surface area contributed by atoms with Crippen LogP contribution < -0.4 is 0 Å². The molecule has 8 heteroatoms. The quantitative estimate of drug-likeness (QED) is 0.762. The lowest BCUT2D eigenvalue weighted by molar-refractivity contribution is 0.337. The van der Waals surface area contributed by atoms with E-state index < -0.39 is 10.1 Å². The van der Waals surface area contributed by atoms with Crippen molar-refractivity contribution in [2.45, 2.75) is 11.8 Å². The molecule has 1 aromatic carbocycles. The van der Waals surface area contributed by atoms with Gasteiger partial charge >= 0.3 is 16.1 Å². The van der Waals surface area contributed by atoms with Gasteiger partial charge in [-0.25, -0.2) is 0 Å². The summed E-state index contributed by atoms with van der Waals surface area (Å²) in [7, 11) is -3.93. The van der Waals surface area contributed by atoms with Crippen LogP contribution in [-0.4, -0.2) is 20.7 Å². The van der Waals surface area contributed by atoms with Crippen LogP contribution in [-0.2, 0) is 14.4 Å². The Labute approximate surface area is 97.7 Å². The first-order valence-corrected chi connectivity index (χ1v) is 6.00. The molecule has 1 aliphatic rings. The Bertz CT molecular complexity index is 588. The molecule has 0 atom stereocenters. The number of benzene rings is 1. The molecule has 0 N–H and O–H groups in total. The lowest BCUT2D eigenvalue weighted by Gasteiger charge is -2.01. The predicted molar refractivity (Wildman–Crippen MR) is 60.2 cm³/mol. The molecule has 88 valence electrons. The Morgan fingerprint density at radius 1 is 1.24 bits per heavy atom. The monoisotopic (exact) mass is 252 g/mol. The number of nitrogens with zero attached hydrogens (tertiary/aromatic N) is 4. The second-order valence-corrected chi connectivity index (χ2v) is 4.72. The molecule has 0 spiro atoms. The number of aliphatic imine (C=N–C) groups is 1. The van der Waals surface area contributed by atoms with Gasteiger partial charge in [0.1, 0.15) is 11.2 Å². The van der Waals surface area contributed by atoms with E-state index in [1.165, 1.54) is 12.1 Å². The second kappa shape index (κ2) is 4.42. The van der Waals surface area contributed by atoms with Crippen molar-refractivity contribution in [3.05, 3.63) is 29.8 Å². The van der Waals surface area contributed by atoms with Crippen molar-refractivity contribution in [1.29, 1.82) is 0 Å². The Morgan fingerprint density at radius 3 is 2.53 bits per heavy atom. The lowest BCUT2D eigenvalue weighted by atomic mass is 10.2. The molecule has 17 heavy (non-hydrogen) atoms. The zero-order chi connectivity index (χ0) is 12.3. The summed E-state index contributed by atoms with van der Waals surface area (Å²) < 4.78 is 27.7. The topological polar surface area (TPSA) is 92.8 Å². The molecular weight excluding hydrogens is 244 g/mol. The third-order valence-electron chi connectivity index (χ3n) is 1.90. The van der Waals surface area contributed by atoms with Crippen molar-refractivity contribution in [2.75, 3.05) is 0 Å². The summed E-state index contributed by atoms with van der Waals surface area (Å²) in [5.41, 5.74) is 0.949. The number of oxime groups is 1. The maximum Gasteiger partial charge on any atom is 0.358 e. The van der Waals surface area contributed by atoms with Crippen LogP contribution in [0.4, 0.5) is 0 Å². The highest BCUT2D eigenvalue weighted by atomic mass is 32.2. The lowest BCUT2D eigenvalue weighted by Crippen LogP contribution is -2.03. The highest BCUT2D eigenvalue weighted by molar-refractivity contribution is 7.86. The molecule has 1 aliphatic heterocycles. The van der Waals surface area contributed by atoms with Crippen LogP contribution in [0.2, 0.25) is 0 Å². The Balaban J connectivity index is 2.19. The van der Waals surface area contributed by atoms with Crippen molar-refractivity contribution in [3.8, 4) is 0 Å². The molecular formula is C9H8N4O3S. The van der Waals surface area contributed by atoms with E-state index in [0.717, 1.165) is 11.9 Å². The van der Waals surface area contributed by atoms with Gasteiger partial charge in [0.2, 0.25) is 0 Å². The predicted octanol–water partition coefficient (Wildman–Crippen LogP) is 1.47. The minimum atomic E-state index is -3.93. The van der Waals surface area contributed by atoms with Crippen LogP contribution in [0.3, 0.4) is 0 Å². The van der Waals surface area contributed by atoms with Gasteiger partial charge in [-0.1, -0.05) is 17.7 Å². The average molecular weight is 252 g/mol. The summed E-state index contributed by atoms with van der Waals surface area (Å²) in [5, 5.41) is 10.1. The zero-order valence-corrected chi connectivity index (χ0v) is 9.63. The summed E-state index contributed by atoms with van der Waals surface area (Å²) in [4.78, 5) is 3.57. The molecule has 0 unspecified atom stereocenters. The van der Waals surface area contributed by atoms with Crippen molar-refractivity contribution in [3.63, 3.8) is 0 Å². The number of hydrogen-bond acceptors (Lipinski definition) is 5. The first-order chi connectivity index (χ1) is 8.08. The van der Waals surface area contributed by atoms with Crippen LogP contribution in [0, 0.1) is 6.92 Å². The van der Waals surface area contributed by atoms with Crippen LogP contribution in [0.25, 0.3) is 0 Å². The van der Waals surface area contributed by atoms with E-state index in [0.29, 0.717) is 0 Å². The summed E-state index contributed by atoms with van der Waals surface area (Å²) in [6, 6.07) is 6.20. The fourth-order valence-electron chi connectivity index (χ4n) is 1.05. The van der Waals surface area contributed by atoms with Crippen LogP contribution in [0.5, 0.6) is 0 Å². The van der Waals surface area contributed by atoms with E-state index in [2.05, 4.69) is 24.7 Å². The maximum atomic E-state index is 11.6. The van der Waals surface area contributed by atoms with Gasteiger partial charge in [-0.15, -0.1) is 10.2 Å². The molecule has 0 saturated heterocycles. The van der Waals surface area contributed by atoms with E-state index in [1.54, 1.807) is 12.1 Å². The van der Waals surface area contributed by atoms with Crippen molar-refractivity contribution in [2.24, 2.45) is 20.4 Å². The SMILES string of the molecule is Cc1ccc(S(=O)(=O)ON=C2N=CN=N2)cc1. The molecule has 0 radical (unpaired) electrons. The van der Waals surface area contributed by atoms with E-state index in [4.69, 9.17) is 0 Å². The summed E-state index contributed by atoms with van der Waals surface area (Å²) in [5.74, 6) is -0.138. The molecule has 1 aromatic rings. The average Bonchev–Trinajstić information content (AvgIpc) is 2.80. The summed E-state index contributed by atoms with van der Waals surface area (Å²) in [6.45, 7) is 1.85. The Hall–Kier alpha value is -2.09. The molecule has 1 heterocycles. The van der Waals surface area contributed by atoms with Crippen LogP contribution >= 0.6 is 0 Å². The maximum absolute atomic E-state index is 11.6. The van der Waals surface area contributed by atoms with Gasteiger partial charge in [0.05, 0.1) is 0 Å². The first kappa shape index (κ1) is 11.4.